The zero-order valence-corrected chi connectivity index (χ0v) is 12.1. The largest absolute Gasteiger partial charge is 0.320 e. The number of halogens is 1. The van der Waals surface area contributed by atoms with E-state index >= 15 is 0 Å². The molecule has 3 rings (SSSR count). The molecule has 0 saturated heterocycles. The Labute approximate surface area is 121 Å². The van der Waals surface area contributed by atoms with E-state index in [1.807, 2.05) is 19.1 Å². The monoisotopic (exact) mass is 287 g/mol. The van der Waals surface area contributed by atoms with Crippen LogP contribution in [-0.2, 0) is 0 Å². The minimum Gasteiger partial charge on any atom is -0.320 e. The first-order valence-corrected chi connectivity index (χ1v) is 7.41. The zero-order chi connectivity index (χ0) is 13.4. The molecule has 1 atom stereocenters. The maximum absolute atomic E-state index is 6.46. The van der Waals surface area contributed by atoms with Gasteiger partial charge in [0.1, 0.15) is 0 Å². The minimum atomic E-state index is -0.138. The fourth-order valence-electron chi connectivity index (χ4n) is 2.39. The van der Waals surface area contributed by atoms with Crippen molar-refractivity contribution in [1.82, 2.24) is 0 Å². The number of rotatable bonds is 2. The third-order valence-corrected chi connectivity index (χ3v) is 4.88. The summed E-state index contributed by atoms with van der Waals surface area (Å²) in [5, 5.41) is 4.12. The van der Waals surface area contributed by atoms with Gasteiger partial charge in [0, 0.05) is 9.72 Å². The van der Waals surface area contributed by atoms with E-state index in [2.05, 4.69) is 35.7 Å². The van der Waals surface area contributed by atoms with E-state index in [9.17, 15) is 0 Å². The van der Waals surface area contributed by atoms with Crippen LogP contribution in [0.3, 0.4) is 0 Å². The highest BCUT2D eigenvalue weighted by Crippen LogP contribution is 2.33. The van der Waals surface area contributed by atoms with Crippen molar-refractivity contribution in [2.75, 3.05) is 0 Å². The van der Waals surface area contributed by atoms with Crippen LogP contribution < -0.4 is 5.73 Å². The average Bonchev–Trinajstić information content (AvgIpc) is 2.89. The Morgan fingerprint density at radius 1 is 1.05 bits per heavy atom. The van der Waals surface area contributed by atoms with Crippen molar-refractivity contribution in [3.8, 4) is 0 Å². The van der Waals surface area contributed by atoms with Gasteiger partial charge in [-0.1, -0.05) is 41.9 Å². The highest BCUT2D eigenvalue weighted by Gasteiger charge is 2.15. The van der Waals surface area contributed by atoms with Crippen LogP contribution in [0, 0.1) is 6.92 Å². The van der Waals surface area contributed by atoms with Crippen molar-refractivity contribution in [2.45, 2.75) is 13.0 Å². The second-order valence-electron chi connectivity index (χ2n) is 4.62. The van der Waals surface area contributed by atoms with Gasteiger partial charge in [0.15, 0.2) is 0 Å². The molecule has 2 aromatic carbocycles. The molecule has 0 bridgehead atoms. The van der Waals surface area contributed by atoms with Gasteiger partial charge in [-0.15, -0.1) is 11.3 Å². The van der Waals surface area contributed by atoms with Crippen LogP contribution in [0.15, 0.2) is 47.8 Å². The first-order valence-electron chi connectivity index (χ1n) is 6.15. The van der Waals surface area contributed by atoms with Crippen LogP contribution in [-0.4, -0.2) is 0 Å². The quantitative estimate of drug-likeness (QED) is 0.712. The van der Waals surface area contributed by atoms with E-state index in [4.69, 9.17) is 17.3 Å². The number of thiophene rings is 1. The molecule has 0 radical (unpaired) electrons. The smallest absolute Gasteiger partial charge is 0.0569 e. The highest BCUT2D eigenvalue weighted by molar-refractivity contribution is 7.17. The van der Waals surface area contributed by atoms with E-state index < -0.39 is 0 Å². The van der Waals surface area contributed by atoms with Gasteiger partial charge in [-0.2, -0.15) is 0 Å². The second kappa shape index (κ2) is 4.97. The summed E-state index contributed by atoms with van der Waals surface area (Å²) in [5.74, 6) is 0. The van der Waals surface area contributed by atoms with Crippen LogP contribution in [0.4, 0.5) is 0 Å². The van der Waals surface area contributed by atoms with Crippen LogP contribution in [0.1, 0.15) is 22.7 Å². The van der Waals surface area contributed by atoms with E-state index in [0.29, 0.717) is 0 Å². The van der Waals surface area contributed by atoms with E-state index in [1.165, 1.54) is 10.1 Å². The Bertz CT molecular complexity index is 732. The number of hydrogen-bond acceptors (Lipinski definition) is 2. The molecule has 1 heterocycles. The predicted molar refractivity (Wildman–Crippen MR) is 84.0 cm³/mol. The summed E-state index contributed by atoms with van der Waals surface area (Å²) in [5.41, 5.74) is 9.78. The van der Waals surface area contributed by atoms with Gasteiger partial charge in [-0.3, -0.25) is 0 Å². The molecule has 0 aliphatic rings. The molecule has 0 spiro atoms. The Hall–Kier alpha value is -1.35. The standard InChI is InChI=1S/C16H14ClNS/c1-10-12(5-3-7-14(10)17)15(18)13-6-2-4-11-8-9-19-16(11)13/h2-9,15H,18H2,1H3. The van der Waals surface area contributed by atoms with E-state index in [1.54, 1.807) is 11.3 Å². The molecule has 1 nitrogen and oxygen atoms in total. The van der Waals surface area contributed by atoms with Crippen molar-refractivity contribution >= 4 is 33.0 Å². The molecule has 1 aromatic heterocycles. The van der Waals surface area contributed by atoms with E-state index in [-0.39, 0.29) is 6.04 Å². The molecule has 3 aromatic rings. The number of hydrogen-bond donors (Lipinski definition) is 1. The molecular weight excluding hydrogens is 274 g/mol. The normalized spacial score (nSPS) is 12.8. The van der Waals surface area contributed by atoms with Crippen molar-refractivity contribution in [1.29, 1.82) is 0 Å². The molecule has 0 amide bonds. The van der Waals surface area contributed by atoms with Gasteiger partial charge in [0.05, 0.1) is 6.04 Å². The van der Waals surface area contributed by atoms with Crippen LogP contribution in [0.25, 0.3) is 10.1 Å². The molecule has 96 valence electrons. The molecule has 0 saturated carbocycles. The Balaban J connectivity index is 2.16. The van der Waals surface area contributed by atoms with Gasteiger partial charge in [-0.05, 0) is 46.5 Å². The summed E-state index contributed by atoms with van der Waals surface area (Å²) in [6.45, 7) is 2.02. The molecular formula is C16H14ClNS. The van der Waals surface area contributed by atoms with E-state index in [0.717, 1.165) is 21.7 Å². The predicted octanol–water partition coefficient (Wildman–Crippen LogP) is 4.91. The number of nitrogens with two attached hydrogens (primary N) is 1. The average molecular weight is 288 g/mol. The number of benzene rings is 2. The fourth-order valence-corrected chi connectivity index (χ4v) is 3.53. The molecule has 19 heavy (non-hydrogen) atoms. The maximum Gasteiger partial charge on any atom is 0.0569 e. The lowest BCUT2D eigenvalue weighted by atomic mass is 9.95. The van der Waals surface area contributed by atoms with Crippen LogP contribution in [0.2, 0.25) is 5.02 Å². The lowest BCUT2D eigenvalue weighted by Crippen LogP contribution is -2.13. The van der Waals surface area contributed by atoms with Crippen molar-refractivity contribution < 1.29 is 0 Å². The third-order valence-electron chi connectivity index (χ3n) is 3.49. The van der Waals surface area contributed by atoms with Crippen molar-refractivity contribution in [2.24, 2.45) is 5.73 Å². The summed E-state index contributed by atoms with van der Waals surface area (Å²) in [6.07, 6.45) is 0. The summed E-state index contributed by atoms with van der Waals surface area (Å²) in [4.78, 5) is 0. The Morgan fingerprint density at radius 2 is 1.79 bits per heavy atom. The maximum atomic E-state index is 6.46. The molecule has 0 fully saturated rings. The SMILES string of the molecule is Cc1c(Cl)cccc1C(N)c1cccc2ccsc12. The highest BCUT2D eigenvalue weighted by atomic mass is 35.5. The Morgan fingerprint density at radius 3 is 2.63 bits per heavy atom. The molecule has 0 aliphatic heterocycles. The Kier molecular flexibility index (Phi) is 3.31. The lowest BCUT2D eigenvalue weighted by molar-refractivity contribution is 0.872. The summed E-state index contributed by atoms with van der Waals surface area (Å²) in [7, 11) is 0. The summed E-state index contributed by atoms with van der Waals surface area (Å²) < 4.78 is 1.26. The molecule has 3 heteroatoms. The summed E-state index contributed by atoms with van der Waals surface area (Å²) in [6, 6.07) is 14.2. The first kappa shape index (κ1) is 12.7. The molecule has 1 unspecified atom stereocenters. The topological polar surface area (TPSA) is 26.0 Å². The van der Waals surface area contributed by atoms with Crippen molar-refractivity contribution in [3.05, 3.63) is 69.6 Å². The van der Waals surface area contributed by atoms with Gasteiger partial charge in [-0.25, -0.2) is 0 Å². The summed E-state index contributed by atoms with van der Waals surface area (Å²) >= 11 is 7.92. The zero-order valence-electron chi connectivity index (χ0n) is 10.6. The van der Waals surface area contributed by atoms with Crippen molar-refractivity contribution in [3.63, 3.8) is 0 Å². The van der Waals surface area contributed by atoms with Gasteiger partial charge in [0.2, 0.25) is 0 Å². The second-order valence-corrected chi connectivity index (χ2v) is 5.94. The van der Waals surface area contributed by atoms with Gasteiger partial charge >= 0.3 is 0 Å². The first-order chi connectivity index (χ1) is 9.18. The van der Waals surface area contributed by atoms with Crippen LogP contribution in [0.5, 0.6) is 0 Å². The molecule has 0 aliphatic carbocycles. The minimum absolute atomic E-state index is 0.138. The van der Waals surface area contributed by atoms with Crippen LogP contribution >= 0.6 is 22.9 Å². The van der Waals surface area contributed by atoms with Gasteiger partial charge in [0.25, 0.3) is 0 Å². The third kappa shape index (κ3) is 2.16. The number of fused-ring (bicyclic) bond motifs is 1. The van der Waals surface area contributed by atoms with Gasteiger partial charge < -0.3 is 5.73 Å². The molecule has 2 N–H and O–H groups in total. The lowest BCUT2D eigenvalue weighted by Gasteiger charge is -2.17. The fraction of sp³-hybridized carbons (Fsp3) is 0.125.